The van der Waals surface area contributed by atoms with Crippen LogP contribution in [0.1, 0.15) is 37.9 Å². The number of nitrogens with zero attached hydrogens (tertiary/aromatic N) is 3. The first kappa shape index (κ1) is 24.4. The lowest BCUT2D eigenvalue weighted by Gasteiger charge is -2.34. The van der Waals surface area contributed by atoms with Gasteiger partial charge in [-0.2, -0.15) is 0 Å². The summed E-state index contributed by atoms with van der Waals surface area (Å²) in [6.45, 7) is 8.85. The Morgan fingerprint density at radius 1 is 1.17 bits per heavy atom. The van der Waals surface area contributed by atoms with E-state index in [0.29, 0.717) is 19.3 Å². The van der Waals surface area contributed by atoms with Crippen molar-refractivity contribution in [3.05, 3.63) is 59.9 Å². The van der Waals surface area contributed by atoms with Crippen molar-refractivity contribution in [2.24, 2.45) is 4.99 Å². The van der Waals surface area contributed by atoms with E-state index < -0.39 is 0 Å². The third-order valence-electron chi connectivity index (χ3n) is 4.90. The van der Waals surface area contributed by atoms with Gasteiger partial charge in [-0.05, 0) is 56.5 Å². The SMILES string of the molecule is CCNC(=NCc1cccc(OCc2ccccn2)c1)N1CCC(OCC)CC1.I. The molecule has 1 aromatic carbocycles. The number of aromatic nitrogens is 1. The number of guanidine groups is 1. The minimum absolute atomic E-state index is 0. The van der Waals surface area contributed by atoms with E-state index in [-0.39, 0.29) is 24.0 Å². The van der Waals surface area contributed by atoms with Crippen LogP contribution < -0.4 is 10.1 Å². The molecule has 1 aromatic heterocycles. The van der Waals surface area contributed by atoms with Gasteiger partial charge in [0.05, 0.1) is 18.3 Å². The number of likely N-dealkylation sites (tertiary alicyclic amines) is 1. The number of aliphatic imine (C=N–C) groups is 1. The number of rotatable bonds is 8. The Bertz CT molecular complexity index is 765. The van der Waals surface area contributed by atoms with Crippen LogP contribution in [0.25, 0.3) is 0 Å². The fourth-order valence-electron chi connectivity index (χ4n) is 3.44. The summed E-state index contributed by atoms with van der Waals surface area (Å²) >= 11 is 0. The number of ether oxygens (including phenoxy) is 2. The summed E-state index contributed by atoms with van der Waals surface area (Å²) in [6.07, 6.45) is 4.26. The summed E-state index contributed by atoms with van der Waals surface area (Å²) < 4.78 is 11.7. The molecular formula is C23H33IN4O2. The Morgan fingerprint density at radius 3 is 2.70 bits per heavy atom. The summed E-state index contributed by atoms with van der Waals surface area (Å²) in [5, 5.41) is 3.43. The molecule has 0 bridgehead atoms. The van der Waals surface area contributed by atoms with Crippen LogP contribution in [0.3, 0.4) is 0 Å². The molecule has 0 amide bonds. The van der Waals surface area contributed by atoms with Gasteiger partial charge in [-0.15, -0.1) is 24.0 Å². The molecule has 0 unspecified atom stereocenters. The average Bonchev–Trinajstić information content (AvgIpc) is 2.77. The maximum Gasteiger partial charge on any atom is 0.194 e. The first-order chi connectivity index (χ1) is 14.3. The topological polar surface area (TPSA) is 59.0 Å². The first-order valence-electron chi connectivity index (χ1n) is 10.5. The number of benzene rings is 1. The Kier molecular flexibility index (Phi) is 10.9. The van der Waals surface area contributed by atoms with E-state index in [4.69, 9.17) is 14.5 Å². The van der Waals surface area contributed by atoms with Crippen LogP contribution in [-0.2, 0) is 17.9 Å². The Morgan fingerprint density at radius 2 is 2.00 bits per heavy atom. The maximum absolute atomic E-state index is 5.89. The molecule has 1 aliphatic rings. The molecule has 2 aromatic rings. The number of hydrogen-bond acceptors (Lipinski definition) is 4. The van der Waals surface area contributed by atoms with Gasteiger partial charge in [-0.25, -0.2) is 4.99 Å². The third kappa shape index (κ3) is 7.75. The smallest absolute Gasteiger partial charge is 0.194 e. The number of piperidine rings is 1. The standard InChI is InChI=1S/C23H32N4O2.HI/c1-3-24-23(27-14-11-21(12-15-27)28-4-2)26-17-19-8-7-10-22(16-19)29-18-20-9-5-6-13-25-20;/h5-10,13,16,21H,3-4,11-12,14-15,17-18H2,1-2H3,(H,24,26);1H. The lowest BCUT2D eigenvalue weighted by Crippen LogP contribution is -2.47. The van der Waals surface area contributed by atoms with E-state index in [1.807, 2.05) is 30.3 Å². The molecule has 3 rings (SSSR count). The second-order valence-corrected chi connectivity index (χ2v) is 7.07. The molecular weight excluding hydrogens is 491 g/mol. The number of pyridine rings is 1. The molecule has 1 saturated heterocycles. The highest BCUT2D eigenvalue weighted by atomic mass is 127. The summed E-state index contributed by atoms with van der Waals surface area (Å²) in [7, 11) is 0. The minimum Gasteiger partial charge on any atom is -0.487 e. The number of nitrogens with one attached hydrogen (secondary N) is 1. The normalized spacial score (nSPS) is 14.9. The van der Waals surface area contributed by atoms with Gasteiger partial charge in [-0.3, -0.25) is 4.98 Å². The van der Waals surface area contributed by atoms with Gasteiger partial charge in [0.15, 0.2) is 5.96 Å². The van der Waals surface area contributed by atoms with Gasteiger partial charge >= 0.3 is 0 Å². The van der Waals surface area contributed by atoms with Crippen molar-refractivity contribution in [2.45, 2.75) is 45.9 Å². The van der Waals surface area contributed by atoms with Crippen molar-refractivity contribution in [1.82, 2.24) is 15.2 Å². The fraction of sp³-hybridized carbons (Fsp3) is 0.478. The zero-order valence-corrected chi connectivity index (χ0v) is 20.2. The molecule has 0 atom stereocenters. The van der Waals surface area contributed by atoms with E-state index in [1.165, 1.54) is 0 Å². The summed E-state index contributed by atoms with van der Waals surface area (Å²) in [5.74, 6) is 1.81. The van der Waals surface area contributed by atoms with Gasteiger partial charge in [0, 0.05) is 32.4 Å². The molecule has 30 heavy (non-hydrogen) atoms. The second-order valence-electron chi connectivity index (χ2n) is 7.07. The minimum atomic E-state index is 0. The highest BCUT2D eigenvalue weighted by molar-refractivity contribution is 14.0. The van der Waals surface area contributed by atoms with Gasteiger partial charge in [0.2, 0.25) is 0 Å². The van der Waals surface area contributed by atoms with Crippen LogP contribution in [0.15, 0.2) is 53.7 Å². The molecule has 0 radical (unpaired) electrons. The predicted molar refractivity (Wildman–Crippen MR) is 131 cm³/mol. The Hall–Kier alpha value is -1.87. The lowest BCUT2D eigenvalue weighted by molar-refractivity contribution is 0.0263. The predicted octanol–water partition coefficient (Wildman–Crippen LogP) is 4.25. The molecule has 1 aliphatic heterocycles. The van der Waals surface area contributed by atoms with Crippen molar-refractivity contribution < 1.29 is 9.47 Å². The highest BCUT2D eigenvalue weighted by Gasteiger charge is 2.21. The van der Waals surface area contributed by atoms with Crippen LogP contribution in [-0.4, -0.2) is 48.2 Å². The van der Waals surface area contributed by atoms with E-state index in [9.17, 15) is 0 Å². The molecule has 1 N–H and O–H groups in total. The van der Waals surface area contributed by atoms with E-state index in [2.05, 4.69) is 41.2 Å². The van der Waals surface area contributed by atoms with Crippen LogP contribution >= 0.6 is 24.0 Å². The highest BCUT2D eigenvalue weighted by Crippen LogP contribution is 2.17. The molecule has 2 heterocycles. The van der Waals surface area contributed by atoms with E-state index in [0.717, 1.165) is 62.0 Å². The van der Waals surface area contributed by atoms with Crippen LogP contribution in [0.5, 0.6) is 5.75 Å². The molecule has 7 heteroatoms. The van der Waals surface area contributed by atoms with Crippen molar-refractivity contribution in [3.63, 3.8) is 0 Å². The summed E-state index contributed by atoms with van der Waals surface area (Å²) in [4.78, 5) is 11.5. The maximum atomic E-state index is 5.89. The zero-order valence-electron chi connectivity index (χ0n) is 17.9. The Labute approximate surface area is 197 Å². The Balaban J connectivity index is 0.00000320. The van der Waals surface area contributed by atoms with Gasteiger partial charge in [0.1, 0.15) is 12.4 Å². The first-order valence-corrected chi connectivity index (χ1v) is 10.5. The van der Waals surface area contributed by atoms with E-state index >= 15 is 0 Å². The van der Waals surface area contributed by atoms with Gasteiger partial charge in [-0.1, -0.05) is 18.2 Å². The van der Waals surface area contributed by atoms with Crippen molar-refractivity contribution in [1.29, 1.82) is 0 Å². The third-order valence-corrected chi connectivity index (χ3v) is 4.90. The monoisotopic (exact) mass is 524 g/mol. The van der Waals surface area contributed by atoms with Crippen LogP contribution in [0, 0.1) is 0 Å². The average molecular weight is 524 g/mol. The molecule has 0 spiro atoms. The molecule has 164 valence electrons. The molecule has 0 saturated carbocycles. The lowest BCUT2D eigenvalue weighted by atomic mass is 10.1. The summed E-state index contributed by atoms with van der Waals surface area (Å²) in [6, 6.07) is 14.0. The molecule has 6 nitrogen and oxygen atoms in total. The van der Waals surface area contributed by atoms with Gasteiger partial charge < -0.3 is 19.7 Å². The molecule has 0 aliphatic carbocycles. The second kappa shape index (κ2) is 13.4. The van der Waals surface area contributed by atoms with Crippen molar-refractivity contribution in [2.75, 3.05) is 26.2 Å². The van der Waals surface area contributed by atoms with Gasteiger partial charge in [0.25, 0.3) is 0 Å². The quantitative estimate of drug-likeness (QED) is 0.318. The fourth-order valence-corrected chi connectivity index (χ4v) is 3.44. The van der Waals surface area contributed by atoms with Crippen molar-refractivity contribution >= 4 is 29.9 Å². The summed E-state index contributed by atoms with van der Waals surface area (Å²) in [5.41, 5.74) is 2.05. The number of hydrogen-bond donors (Lipinski definition) is 1. The number of halogens is 1. The molecule has 1 fully saturated rings. The van der Waals surface area contributed by atoms with E-state index in [1.54, 1.807) is 6.20 Å². The largest absolute Gasteiger partial charge is 0.487 e. The van der Waals surface area contributed by atoms with Crippen LogP contribution in [0.2, 0.25) is 0 Å². The van der Waals surface area contributed by atoms with Crippen molar-refractivity contribution in [3.8, 4) is 5.75 Å². The van der Waals surface area contributed by atoms with Crippen LogP contribution in [0.4, 0.5) is 0 Å². The zero-order chi connectivity index (χ0) is 20.3.